The number of hydrogen-bond donors (Lipinski definition) is 0. The predicted octanol–water partition coefficient (Wildman–Crippen LogP) is 2.37. The van der Waals surface area contributed by atoms with Crippen LogP contribution in [0, 0.1) is 0 Å². The van der Waals surface area contributed by atoms with Crippen LogP contribution < -0.4 is 9.47 Å². The molecule has 0 N–H and O–H groups in total. The minimum Gasteiger partial charge on any atom is -0.497 e. The zero-order valence-corrected chi connectivity index (χ0v) is 16.5. The highest BCUT2D eigenvalue weighted by Crippen LogP contribution is 2.27. The number of rotatable bonds is 5. The number of aromatic nitrogens is 1. The number of likely N-dealkylation sites (tertiary alicyclic amines) is 2. The zero-order chi connectivity index (χ0) is 20.2. The first-order valence-corrected chi connectivity index (χ1v) is 9.96. The fourth-order valence-corrected chi connectivity index (χ4v) is 4.00. The third-order valence-corrected chi connectivity index (χ3v) is 5.50. The number of benzene rings is 1. The van der Waals surface area contributed by atoms with Gasteiger partial charge >= 0.3 is 0 Å². The second-order valence-electron chi connectivity index (χ2n) is 7.40. The molecule has 2 atom stereocenters. The van der Waals surface area contributed by atoms with Crippen molar-refractivity contribution in [1.29, 1.82) is 0 Å². The molecule has 2 amide bonds. The van der Waals surface area contributed by atoms with E-state index >= 15 is 0 Å². The molecule has 29 heavy (non-hydrogen) atoms. The lowest BCUT2D eigenvalue weighted by Crippen LogP contribution is -2.47. The summed E-state index contributed by atoms with van der Waals surface area (Å²) in [7, 11) is 1.59. The number of methoxy groups -OCH3 is 1. The molecule has 7 heteroatoms. The number of carbonyl (C=O) groups excluding carboxylic acids is 2. The topological polar surface area (TPSA) is 72.0 Å². The van der Waals surface area contributed by atoms with Gasteiger partial charge in [-0.2, -0.15) is 0 Å². The highest BCUT2D eigenvalue weighted by atomic mass is 16.5. The maximum Gasteiger partial charge on any atom is 0.254 e. The SMILES string of the molecule is COc1ccc(C(=O)N2C[C@@H](Oc3cccnc3)C[C@H]2C(=O)N2CCCC2)cc1. The Morgan fingerprint density at radius 1 is 1.07 bits per heavy atom. The Hall–Kier alpha value is -3.09. The first-order valence-electron chi connectivity index (χ1n) is 9.96. The minimum atomic E-state index is -0.510. The molecular formula is C22H25N3O4. The molecule has 0 saturated carbocycles. The van der Waals surface area contributed by atoms with E-state index in [4.69, 9.17) is 9.47 Å². The van der Waals surface area contributed by atoms with Gasteiger partial charge in [0.1, 0.15) is 23.6 Å². The standard InChI is InChI=1S/C22H25N3O4/c1-28-17-8-6-16(7-9-17)21(26)25-15-19(29-18-5-4-10-23-14-18)13-20(25)22(27)24-11-2-3-12-24/h4-10,14,19-20H,2-3,11-13,15H2,1H3/t19-,20-/m0/s1. The largest absolute Gasteiger partial charge is 0.497 e. The van der Waals surface area contributed by atoms with E-state index in [0.29, 0.717) is 30.0 Å². The van der Waals surface area contributed by atoms with E-state index in [0.717, 1.165) is 25.9 Å². The van der Waals surface area contributed by atoms with E-state index in [9.17, 15) is 9.59 Å². The van der Waals surface area contributed by atoms with Gasteiger partial charge in [0.2, 0.25) is 5.91 Å². The van der Waals surface area contributed by atoms with Gasteiger partial charge < -0.3 is 19.3 Å². The molecule has 1 aromatic carbocycles. The fourth-order valence-electron chi connectivity index (χ4n) is 4.00. The predicted molar refractivity (Wildman–Crippen MR) is 107 cm³/mol. The first-order chi connectivity index (χ1) is 14.2. The average molecular weight is 395 g/mol. The van der Waals surface area contributed by atoms with E-state index in [2.05, 4.69) is 4.98 Å². The second kappa shape index (κ2) is 8.51. The van der Waals surface area contributed by atoms with E-state index < -0.39 is 6.04 Å². The van der Waals surface area contributed by atoms with Crippen LogP contribution in [0.4, 0.5) is 0 Å². The maximum atomic E-state index is 13.2. The van der Waals surface area contributed by atoms with Crippen molar-refractivity contribution in [3.8, 4) is 11.5 Å². The van der Waals surface area contributed by atoms with Gasteiger partial charge in [-0.15, -0.1) is 0 Å². The smallest absolute Gasteiger partial charge is 0.254 e. The Morgan fingerprint density at radius 2 is 1.83 bits per heavy atom. The number of carbonyl (C=O) groups is 2. The molecule has 1 aromatic heterocycles. The van der Waals surface area contributed by atoms with Gasteiger partial charge in [-0.3, -0.25) is 14.6 Å². The maximum absolute atomic E-state index is 13.2. The van der Waals surface area contributed by atoms with E-state index in [1.54, 1.807) is 54.7 Å². The highest BCUT2D eigenvalue weighted by molar-refractivity contribution is 5.98. The van der Waals surface area contributed by atoms with Crippen molar-refractivity contribution < 1.29 is 19.1 Å². The van der Waals surface area contributed by atoms with Crippen LogP contribution in [0.3, 0.4) is 0 Å². The Morgan fingerprint density at radius 3 is 2.48 bits per heavy atom. The first kappa shape index (κ1) is 19.2. The Kier molecular flexibility index (Phi) is 5.64. The molecule has 2 fully saturated rings. The van der Waals surface area contributed by atoms with Crippen LogP contribution >= 0.6 is 0 Å². The Bertz CT molecular complexity index is 850. The normalized spacial score (nSPS) is 21.3. The van der Waals surface area contributed by atoms with Crippen molar-refractivity contribution in [3.05, 3.63) is 54.4 Å². The Labute approximate surface area is 170 Å². The van der Waals surface area contributed by atoms with Crippen molar-refractivity contribution in [1.82, 2.24) is 14.8 Å². The van der Waals surface area contributed by atoms with Crippen LogP contribution in [0.15, 0.2) is 48.8 Å². The van der Waals surface area contributed by atoms with Gasteiger partial charge in [-0.25, -0.2) is 0 Å². The van der Waals surface area contributed by atoms with Gasteiger partial charge in [0.25, 0.3) is 5.91 Å². The third kappa shape index (κ3) is 4.18. The summed E-state index contributed by atoms with van der Waals surface area (Å²) in [6.45, 7) is 1.88. The van der Waals surface area contributed by atoms with Gasteiger partial charge in [0.05, 0.1) is 19.9 Å². The summed E-state index contributed by atoms with van der Waals surface area (Å²) in [5, 5.41) is 0. The number of pyridine rings is 1. The molecule has 2 saturated heterocycles. The van der Waals surface area contributed by atoms with Crippen molar-refractivity contribution in [2.75, 3.05) is 26.7 Å². The number of ether oxygens (including phenoxy) is 2. The van der Waals surface area contributed by atoms with Gasteiger partial charge in [0.15, 0.2) is 0 Å². The molecule has 3 heterocycles. The van der Waals surface area contributed by atoms with Gasteiger partial charge in [-0.1, -0.05) is 0 Å². The number of nitrogens with zero attached hydrogens (tertiary/aromatic N) is 3. The van der Waals surface area contributed by atoms with Crippen LogP contribution in [0.5, 0.6) is 11.5 Å². The molecule has 0 radical (unpaired) electrons. The van der Waals surface area contributed by atoms with Crippen LogP contribution in [0.2, 0.25) is 0 Å². The summed E-state index contributed by atoms with van der Waals surface area (Å²) in [5.41, 5.74) is 0.534. The van der Waals surface area contributed by atoms with E-state index in [1.807, 2.05) is 11.0 Å². The average Bonchev–Trinajstić information content (AvgIpc) is 3.44. The van der Waals surface area contributed by atoms with Crippen LogP contribution in [0.25, 0.3) is 0 Å². The van der Waals surface area contributed by atoms with E-state index in [-0.39, 0.29) is 17.9 Å². The summed E-state index contributed by atoms with van der Waals surface area (Å²) < 4.78 is 11.2. The van der Waals surface area contributed by atoms with Crippen LogP contribution in [-0.4, -0.2) is 65.5 Å². The molecule has 0 spiro atoms. The summed E-state index contributed by atoms with van der Waals surface area (Å²) in [5.74, 6) is 1.18. The van der Waals surface area contributed by atoms with Gasteiger partial charge in [-0.05, 0) is 49.2 Å². The van der Waals surface area contributed by atoms with Crippen LogP contribution in [0.1, 0.15) is 29.6 Å². The number of hydrogen-bond acceptors (Lipinski definition) is 5. The number of amides is 2. The summed E-state index contributed by atoms with van der Waals surface area (Å²) >= 11 is 0. The molecule has 2 aromatic rings. The van der Waals surface area contributed by atoms with E-state index in [1.165, 1.54) is 0 Å². The second-order valence-corrected chi connectivity index (χ2v) is 7.40. The van der Waals surface area contributed by atoms with Crippen molar-refractivity contribution in [2.24, 2.45) is 0 Å². The lowest BCUT2D eigenvalue weighted by molar-refractivity contribution is -0.134. The molecule has 0 bridgehead atoms. The molecule has 152 valence electrons. The van der Waals surface area contributed by atoms with Crippen molar-refractivity contribution in [3.63, 3.8) is 0 Å². The highest BCUT2D eigenvalue weighted by Gasteiger charge is 2.43. The lowest BCUT2D eigenvalue weighted by Gasteiger charge is -2.27. The molecule has 2 aliphatic heterocycles. The molecular weight excluding hydrogens is 370 g/mol. The molecule has 4 rings (SSSR count). The molecule has 0 aliphatic carbocycles. The summed E-state index contributed by atoms with van der Waals surface area (Å²) in [4.78, 5) is 33.9. The van der Waals surface area contributed by atoms with Crippen LogP contribution in [-0.2, 0) is 4.79 Å². The quantitative estimate of drug-likeness (QED) is 0.777. The monoisotopic (exact) mass is 395 g/mol. The molecule has 7 nitrogen and oxygen atoms in total. The Balaban J connectivity index is 1.55. The zero-order valence-electron chi connectivity index (χ0n) is 16.5. The molecule has 2 aliphatic rings. The fraction of sp³-hybridized carbons (Fsp3) is 0.409. The minimum absolute atomic E-state index is 0.0154. The summed E-state index contributed by atoms with van der Waals surface area (Å²) in [6.07, 6.45) is 5.58. The van der Waals surface area contributed by atoms with Crippen molar-refractivity contribution >= 4 is 11.8 Å². The van der Waals surface area contributed by atoms with Crippen molar-refractivity contribution in [2.45, 2.75) is 31.4 Å². The molecule has 0 unspecified atom stereocenters. The third-order valence-electron chi connectivity index (χ3n) is 5.50. The lowest BCUT2D eigenvalue weighted by atomic mass is 10.1. The summed E-state index contributed by atoms with van der Waals surface area (Å²) in [6, 6.07) is 10.1. The van der Waals surface area contributed by atoms with Gasteiger partial charge in [0, 0.05) is 31.3 Å².